The third-order valence-corrected chi connectivity index (χ3v) is 6.53. The molecule has 1 aliphatic rings. The number of rotatable bonds is 5. The van der Waals surface area contributed by atoms with E-state index >= 15 is 0 Å². The van der Waals surface area contributed by atoms with Crippen LogP contribution >= 0.6 is 0 Å². The highest BCUT2D eigenvalue weighted by Gasteiger charge is 2.19. The van der Waals surface area contributed by atoms with Crippen LogP contribution in [-0.2, 0) is 4.74 Å². The maximum atomic E-state index is 13.7. The van der Waals surface area contributed by atoms with E-state index in [9.17, 15) is 9.70 Å². The number of ether oxygens (including phenoxy) is 1. The fraction of sp³-hybridized carbons (Fsp3) is 0.179. The summed E-state index contributed by atoms with van der Waals surface area (Å²) >= 11 is 0. The van der Waals surface area contributed by atoms with E-state index in [1.807, 2.05) is 49.4 Å². The van der Waals surface area contributed by atoms with Crippen molar-refractivity contribution in [3.8, 4) is 28.3 Å². The van der Waals surface area contributed by atoms with E-state index in [1.165, 1.54) is 11.1 Å². The van der Waals surface area contributed by atoms with Crippen LogP contribution in [0.3, 0.4) is 0 Å². The summed E-state index contributed by atoms with van der Waals surface area (Å²) in [6.07, 6.45) is 3.05. The van der Waals surface area contributed by atoms with Gasteiger partial charge in [-0.3, -0.25) is 4.79 Å². The van der Waals surface area contributed by atoms with Gasteiger partial charge in [-0.2, -0.15) is 9.78 Å². The Labute approximate surface area is 211 Å². The molecule has 6 rings (SSSR count). The first-order chi connectivity index (χ1) is 18.1. The first-order valence-electron chi connectivity index (χ1n) is 12.0. The van der Waals surface area contributed by atoms with E-state index in [0.29, 0.717) is 54.2 Å². The van der Waals surface area contributed by atoms with E-state index in [0.717, 1.165) is 22.4 Å². The summed E-state index contributed by atoms with van der Waals surface area (Å²) in [5.41, 5.74) is 4.27. The van der Waals surface area contributed by atoms with Crippen LogP contribution < -0.4 is 10.5 Å². The van der Waals surface area contributed by atoms with Gasteiger partial charge in [0.05, 0.1) is 30.5 Å². The molecule has 1 fully saturated rings. The Bertz CT molecular complexity index is 1670. The molecule has 0 unspecified atom stereocenters. The Kier molecular flexibility index (Phi) is 5.82. The third-order valence-electron chi connectivity index (χ3n) is 6.53. The predicted molar refractivity (Wildman–Crippen MR) is 141 cm³/mol. The molecular weight excluding hydrogens is 470 g/mol. The van der Waals surface area contributed by atoms with Crippen LogP contribution in [0.15, 0.2) is 87.6 Å². The summed E-state index contributed by atoms with van der Waals surface area (Å²) in [6, 6.07) is 18.6. The van der Waals surface area contributed by atoms with Gasteiger partial charge in [0.25, 0.3) is 5.56 Å². The minimum absolute atomic E-state index is 0.138. The van der Waals surface area contributed by atoms with Gasteiger partial charge in [0, 0.05) is 35.3 Å². The molecule has 5 aromatic rings. The molecule has 0 bridgehead atoms. The second-order valence-electron chi connectivity index (χ2n) is 8.93. The average molecular weight is 494 g/mol. The molecule has 0 aliphatic carbocycles. The zero-order valence-electron chi connectivity index (χ0n) is 20.1. The van der Waals surface area contributed by atoms with E-state index in [4.69, 9.17) is 14.3 Å². The number of nitrogens with zero attached hydrogens (tertiary/aromatic N) is 5. The van der Waals surface area contributed by atoms with Crippen molar-refractivity contribution < 1.29 is 9.15 Å². The van der Waals surface area contributed by atoms with E-state index in [-0.39, 0.29) is 11.2 Å². The Balaban J connectivity index is 1.59. The van der Waals surface area contributed by atoms with Crippen molar-refractivity contribution in [2.24, 2.45) is 5.18 Å². The fourth-order valence-corrected chi connectivity index (χ4v) is 4.76. The smallest absolute Gasteiger partial charge is 0.279 e. The molecule has 1 saturated heterocycles. The summed E-state index contributed by atoms with van der Waals surface area (Å²) in [7, 11) is 0. The zero-order valence-corrected chi connectivity index (χ0v) is 20.1. The normalized spacial score (nSPS) is 13.7. The summed E-state index contributed by atoms with van der Waals surface area (Å²) in [5, 5.41) is 9.22. The van der Waals surface area contributed by atoms with Crippen LogP contribution in [0.1, 0.15) is 5.56 Å². The summed E-state index contributed by atoms with van der Waals surface area (Å²) < 4.78 is 12.3. The second-order valence-corrected chi connectivity index (χ2v) is 8.93. The number of fused-ring (bicyclic) bond motifs is 1. The van der Waals surface area contributed by atoms with Gasteiger partial charge in [0.2, 0.25) is 0 Å². The first-order valence-corrected chi connectivity index (χ1v) is 12.0. The van der Waals surface area contributed by atoms with Crippen molar-refractivity contribution in [2.45, 2.75) is 6.92 Å². The molecule has 0 saturated carbocycles. The summed E-state index contributed by atoms with van der Waals surface area (Å²) in [5.74, 6) is 0.633. The minimum Gasteiger partial charge on any atom is -0.444 e. The van der Waals surface area contributed by atoms with Gasteiger partial charge in [-0.25, -0.2) is 4.98 Å². The maximum absolute atomic E-state index is 13.7. The Hall–Kier alpha value is -4.63. The van der Waals surface area contributed by atoms with Crippen molar-refractivity contribution >= 4 is 22.1 Å². The van der Waals surface area contributed by atoms with Gasteiger partial charge in [-0.1, -0.05) is 18.2 Å². The molecule has 1 aliphatic heterocycles. The van der Waals surface area contributed by atoms with Crippen LogP contribution in [0, 0.1) is 11.8 Å². The predicted octanol–water partition coefficient (Wildman–Crippen LogP) is 5.25. The molecule has 9 heteroatoms. The van der Waals surface area contributed by atoms with Gasteiger partial charge in [0.1, 0.15) is 11.4 Å². The average Bonchev–Trinajstić information content (AvgIpc) is 3.49. The number of nitroso groups, excluding NO2 is 1. The molecule has 3 aromatic carbocycles. The molecule has 37 heavy (non-hydrogen) atoms. The van der Waals surface area contributed by atoms with Gasteiger partial charge < -0.3 is 14.1 Å². The quantitative estimate of drug-likeness (QED) is 0.308. The van der Waals surface area contributed by atoms with Crippen molar-refractivity contribution in [1.82, 2.24) is 14.8 Å². The SMILES string of the molecule is Cc1cc(-c2cnco2)cc(-c2nn(-c3cc(N4CCOCC4)ccc3N=O)c(=O)c3ccccc23)c1. The monoisotopic (exact) mass is 493 g/mol. The summed E-state index contributed by atoms with van der Waals surface area (Å²) in [6.45, 7) is 4.64. The van der Waals surface area contributed by atoms with Crippen LogP contribution in [0.5, 0.6) is 0 Å². The van der Waals surface area contributed by atoms with Crippen molar-refractivity contribution in [1.29, 1.82) is 0 Å². The first kappa shape index (κ1) is 22.8. The zero-order chi connectivity index (χ0) is 25.4. The molecule has 0 radical (unpaired) electrons. The van der Waals surface area contributed by atoms with Crippen LogP contribution in [-0.4, -0.2) is 41.1 Å². The molecule has 0 spiro atoms. The molecular formula is C28H23N5O4. The number of anilines is 1. The molecule has 0 amide bonds. The van der Waals surface area contributed by atoms with Crippen LogP contribution in [0.4, 0.5) is 11.4 Å². The summed E-state index contributed by atoms with van der Waals surface area (Å²) in [4.78, 5) is 31.7. The van der Waals surface area contributed by atoms with Crippen molar-refractivity contribution in [3.05, 3.63) is 94.1 Å². The molecule has 0 atom stereocenters. The highest BCUT2D eigenvalue weighted by atomic mass is 16.5. The van der Waals surface area contributed by atoms with E-state index in [1.54, 1.807) is 24.4 Å². The number of aromatic nitrogens is 3. The Morgan fingerprint density at radius 1 is 0.946 bits per heavy atom. The van der Waals surface area contributed by atoms with Gasteiger partial charge in [0.15, 0.2) is 12.2 Å². The third kappa shape index (κ3) is 4.19. The number of benzene rings is 3. The lowest BCUT2D eigenvalue weighted by molar-refractivity contribution is 0.122. The van der Waals surface area contributed by atoms with E-state index in [2.05, 4.69) is 15.1 Å². The van der Waals surface area contributed by atoms with Crippen LogP contribution in [0.2, 0.25) is 0 Å². The van der Waals surface area contributed by atoms with Crippen LogP contribution in [0.25, 0.3) is 39.0 Å². The molecule has 0 N–H and O–H groups in total. The van der Waals surface area contributed by atoms with Gasteiger partial charge >= 0.3 is 0 Å². The molecule has 9 nitrogen and oxygen atoms in total. The number of hydrogen-bond donors (Lipinski definition) is 0. The highest BCUT2D eigenvalue weighted by Crippen LogP contribution is 2.33. The molecule has 2 aromatic heterocycles. The molecule has 184 valence electrons. The van der Waals surface area contributed by atoms with Gasteiger partial charge in [-0.05, 0) is 60.1 Å². The largest absolute Gasteiger partial charge is 0.444 e. The second kappa shape index (κ2) is 9.44. The molecule has 3 heterocycles. The number of morpholine rings is 1. The van der Waals surface area contributed by atoms with E-state index < -0.39 is 0 Å². The topological polar surface area (TPSA) is 103 Å². The standard InChI is InChI=1S/C28H23N5O4/c1-18-12-19(26-16-29-17-37-26)14-20(13-18)27-22-4-2-3-5-23(22)28(34)33(30-27)25-15-21(6-7-24(25)31-35)32-8-10-36-11-9-32/h2-7,12-17H,8-11H2,1H3. The van der Waals surface area contributed by atoms with Gasteiger partial charge in [-0.15, -0.1) is 4.91 Å². The highest BCUT2D eigenvalue weighted by molar-refractivity contribution is 5.94. The number of hydrogen-bond acceptors (Lipinski definition) is 8. The Morgan fingerprint density at radius 3 is 2.49 bits per heavy atom. The fourth-order valence-electron chi connectivity index (χ4n) is 4.76. The lowest BCUT2D eigenvalue weighted by atomic mass is 9.99. The lowest BCUT2D eigenvalue weighted by Crippen LogP contribution is -2.36. The van der Waals surface area contributed by atoms with Crippen molar-refractivity contribution in [3.63, 3.8) is 0 Å². The number of oxazole rings is 1. The minimum atomic E-state index is -0.327. The Morgan fingerprint density at radius 2 is 1.73 bits per heavy atom. The maximum Gasteiger partial charge on any atom is 0.279 e. The van der Waals surface area contributed by atoms with Crippen molar-refractivity contribution in [2.75, 3.05) is 31.2 Å². The lowest BCUT2D eigenvalue weighted by Gasteiger charge is -2.29. The number of aryl methyl sites for hydroxylation is 1.